The largest absolute Gasteiger partial charge is 0.317 e. The van der Waals surface area contributed by atoms with E-state index >= 15 is 0 Å². The first-order chi connectivity index (χ1) is 23.3. The van der Waals surface area contributed by atoms with E-state index in [1.54, 1.807) is 0 Å². The van der Waals surface area contributed by atoms with Crippen LogP contribution in [0.15, 0.2) is 182 Å². The van der Waals surface area contributed by atoms with E-state index in [0.29, 0.717) is 0 Å². The van der Waals surface area contributed by atoms with Gasteiger partial charge in [-0.15, -0.1) is 23.5 Å². The van der Waals surface area contributed by atoms with Crippen LogP contribution in [0.2, 0.25) is 0 Å². The van der Waals surface area contributed by atoms with Gasteiger partial charge in [-0.3, -0.25) is 0 Å². The van der Waals surface area contributed by atoms with Crippen molar-refractivity contribution in [2.24, 2.45) is 0 Å². The van der Waals surface area contributed by atoms with Gasteiger partial charge in [-0.2, -0.15) is 0 Å². The standard InChI is InChI=1S/C44H43NS2/c1-7-21-37(22-8-1)43(38-23-9-2-10-24-38,39-25-11-3-12-26-39)46-35-19-33-45-34-20-36-47-44(40-27-13-4-14-28-40,41-29-15-5-16-30-41)42-31-17-6-18-32-42/h1-18,21-32,45H,19-20,33-36H2. The monoisotopic (exact) mass is 649 g/mol. The third-order valence-corrected chi connectivity index (χ3v) is 12.0. The molecule has 0 atom stereocenters. The third kappa shape index (κ3) is 7.60. The van der Waals surface area contributed by atoms with Gasteiger partial charge < -0.3 is 5.32 Å². The van der Waals surface area contributed by atoms with Gasteiger partial charge in [-0.1, -0.05) is 182 Å². The van der Waals surface area contributed by atoms with Crippen LogP contribution >= 0.6 is 23.5 Å². The molecule has 47 heavy (non-hydrogen) atoms. The molecule has 0 amide bonds. The van der Waals surface area contributed by atoms with Crippen LogP contribution in [0.25, 0.3) is 0 Å². The van der Waals surface area contributed by atoms with Crippen molar-refractivity contribution in [1.82, 2.24) is 5.32 Å². The highest BCUT2D eigenvalue weighted by Crippen LogP contribution is 2.49. The summed E-state index contributed by atoms with van der Waals surface area (Å²) in [5, 5.41) is 3.77. The molecule has 0 fully saturated rings. The molecule has 0 aromatic heterocycles. The fourth-order valence-electron chi connectivity index (χ4n) is 6.51. The van der Waals surface area contributed by atoms with Gasteiger partial charge in [0.1, 0.15) is 0 Å². The van der Waals surface area contributed by atoms with Crippen molar-refractivity contribution in [3.63, 3.8) is 0 Å². The summed E-state index contributed by atoms with van der Waals surface area (Å²) in [6.45, 7) is 2.01. The molecule has 0 saturated carbocycles. The van der Waals surface area contributed by atoms with E-state index in [9.17, 15) is 0 Å². The summed E-state index contributed by atoms with van der Waals surface area (Å²) in [6, 6.07) is 66.0. The smallest absolute Gasteiger partial charge is 0.0906 e. The Morgan fingerprint density at radius 3 is 0.745 bits per heavy atom. The number of hydrogen-bond donors (Lipinski definition) is 1. The Kier molecular flexibility index (Phi) is 11.7. The van der Waals surface area contributed by atoms with Crippen molar-refractivity contribution in [2.75, 3.05) is 24.6 Å². The van der Waals surface area contributed by atoms with Crippen molar-refractivity contribution in [3.05, 3.63) is 215 Å². The lowest BCUT2D eigenvalue weighted by molar-refractivity contribution is 0.665. The molecular formula is C44H43NS2. The summed E-state index contributed by atoms with van der Waals surface area (Å²) in [7, 11) is 0. The number of benzene rings is 6. The Morgan fingerprint density at radius 1 is 0.319 bits per heavy atom. The Bertz CT molecular complexity index is 1400. The van der Waals surface area contributed by atoms with Crippen LogP contribution in [0.4, 0.5) is 0 Å². The second-order valence-corrected chi connectivity index (χ2v) is 14.3. The van der Waals surface area contributed by atoms with Crippen LogP contribution in [0.5, 0.6) is 0 Å². The molecule has 3 heteroatoms. The maximum atomic E-state index is 3.77. The molecule has 0 unspecified atom stereocenters. The summed E-state index contributed by atoms with van der Waals surface area (Å²) in [6.07, 6.45) is 2.21. The van der Waals surface area contributed by atoms with Crippen LogP contribution in [0.1, 0.15) is 46.2 Å². The topological polar surface area (TPSA) is 12.0 Å². The maximum Gasteiger partial charge on any atom is 0.0906 e. The summed E-state index contributed by atoms with van der Waals surface area (Å²) in [5.41, 5.74) is 7.95. The molecule has 6 rings (SSSR count). The quantitative estimate of drug-likeness (QED) is 0.0828. The summed E-state index contributed by atoms with van der Waals surface area (Å²) in [5.74, 6) is 2.11. The van der Waals surface area contributed by atoms with E-state index in [1.807, 2.05) is 23.5 Å². The van der Waals surface area contributed by atoms with Gasteiger partial charge in [0.05, 0.1) is 9.49 Å². The van der Waals surface area contributed by atoms with Gasteiger partial charge >= 0.3 is 0 Å². The van der Waals surface area contributed by atoms with Gasteiger partial charge in [0, 0.05) is 0 Å². The van der Waals surface area contributed by atoms with E-state index in [4.69, 9.17) is 0 Å². The lowest BCUT2D eigenvalue weighted by Crippen LogP contribution is -2.27. The fourth-order valence-corrected chi connectivity index (χ4v) is 9.51. The number of hydrogen-bond acceptors (Lipinski definition) is 3. The van der Waals surface area contributed by atoms with Crippen LogP contribution in [0.3, 0.4) is 0 Å². The highest BCUT2D eigenvalue weighted by molar-refractivity contribution is 8.00. The highest BCUT2D eigenvalue weighted by Gasteiger charge is 2.37. The normalized spacial score (nSPS) is 11.7. The molecule has 6 aromatic carbocycles. The zero-order valence-corrected chi connectivity index (χ0v) is 28.5. The van der Waals surface area contributed by atoms with Gasteiger partial charge in [0.15, 0.2) is 0 Å². The molecular weight excluding hydrogens is 607 g/mol. The first-order valence-corrected chi connectivity index (χ1v) is 18.6. The van der Waals surface area contributed by atoms with Gasteiger partial charge in [0.2, 0.25) is 0 Å². The van der Waals surface area contributed by atoms with Gasteiger partial charge in [-0.25, -0.2) is 0 Å². The van der Waals surface area contributed by atoms with Crippen molar-refractivity contribution >= 4 is 23.5 Å². The summed E-state index contributed by atoms with van der Waals surface area (Å²) in [4.78, 5) is 0. The lowest BCUT2D eigenvalue weighted by atomic mass is 9.84. The zero-order valence-electron chi connectivity index (χ0n) is 26.9. The Morgan fingerprint density at radius 2 is 0.532 bits per heavy atom. The van der Waals surface area contributed by atoms with Crippen molar-refractivity contribution in [1.29, 1.82) is 0 Å². The second-order valence-electron chi connectivity index (χ2n) is 11.7. The minimum atomic E-state index is -0.254. The van der Waals surface area contributed by atoms with Gasteiger partial charge in [0.25, 0.3) is 0 Å². The molecule has 1 N–H and O–H groups in total. The first-order valence-electron chi connectivity index (χ1n) is 16.7. The van der Waals surface area contributed by atoms with E-state index in [2.05, 4.69) is 187 Å². The first kappa shape index (κ1) is 32.9. The van der Waals surface area contributed by atoms with Crippen LogP contribution in [0, 0.1) is 0 Å². The predicted octanol–water partition coefficient (Wildman–Crippen LogP) is 10.8. The van der Waals surface area contributed by atoms with Gasteiger partial charge in [-0.05, 0) is 70.8 Å². The average molecular weight is 650 g/mol. The molecule has 0 aliphatic heterocycles. The number of rotatable bonds is 16. The average Bonchev–Trinajstić information content (AvgIpc) is 3.16. The van der Waals surface area contributed by atoms with E-state index < -0.39 is 0 Å². The minimum Gasteiger partial charge on any atom is -0.317 e. The lowest BCUT2D eigenvalue weighted by Gasteiger charge is -2.35. The molecule has 0 spiro atoms. The van der Waals surface area contributed by atoms with Crippen LogP contribution < -0.4 is 5.32 Å². The molecule has 0 aliphatic rings. The van der Waals surface area contributed by atoms with E-state index in [-0.39, 0.29) is 9.49 Å². The molecule has 0 heterocycles. The van der Waals surface area contributed by atoms with Crippen molar-refractivity contribution < 1.29 is 0 Å². The molecule has 1 nitrogen and oxygen atoms in total. The Labute approximate surface area is 289 Å². The molecule has 236 valence electrons. The second kappa shape index (κ2) is 16.7. The predicted molar refractivity (Wildman–Crippen MR) is 205 cm³/mol. The Balaban J connectivity index is 1.09. The zero-order chi connectivity index (χ0) is 32.0. The minimum absolute atomic E-state index is 0.254. The molecule has 6 aromatic rings. The van der Waals surface area contributed by atoms with Crippen molar-refractivity contribution in [3.8, 4) is 0 Å². The van der Waals surface area contributed by atoms with Crippen LogP contribution in [-0.4, -0.2) is 24.6 Å². The number of nitrogens with one attached hydrogen (secondary N) is 1. The maximum absolute atomic E-state index is 3.77. The van der Waals surface area contributed by atoms with E-state index in [0.717, 1.165) is 37.4 Å². The molecule has 0 bridgehead atoms. The SMILES string of the molecule is c1ccc(C(SCCCNCCCSC(c2ccccc2)(c2ccccc2)c2ccccc2)(c2ccccc2)c2ccccc2)cc1. The molecule has 0 aliphatic carbocycles. The fraction of sp³-hybridized carbons (Fsp3) is 0.182. The molecule has 0 radical (unpaired) electrons. The van der Waals surface area contributed by atoms with Crippen LogP contribution in [-0.2, 0) is 9.49 Å². The molecule has 0 saturated heterocycles. The highest BCUT2D eigenvalue weighted by atomic mass is 32.2. The Hall–Kier alpha value is -4.02. The summed E-state index contributed by atoms with van der Waals surface area (Å²) < 4.78 is -0.508. The summed E-state index contributed by atoms with van der Waals surface area (Å²) >= 11 is 4.10. The van der Waals surface area contributed by atoms with E-state index in [1.165, 1.54) is 33.4 Å². The third-order valence-electron chi connectivity index (χ3n) is 8.71. The van der Waals surface area contributed by atoms with Crippen molar-refractivity contribution in [2.45, 2.75) is 22.3 Å². The number of thioether (sulfide) groups is 2.